The number of fused-ring (bicyclic) bond motifs is 1. The van der Waals surface area contributed by atoms with E-state index in [1.54, 1.807) is 42.0 Å². The maximum atomic E-state index is 13.1. The minimum absolute atomic E-state index is 0.114. The number of benzene rings is 2. The van der Waals surface area contributed by atoms with Crippen LogP contribution in [0, 0.1) is 0 Å². The van der Waals surface area contributed by atoms with Crippen molar-refractivity contribution in [1.82, 2.24) is 19.2 Å². The third-order valence-corrected chi connectivity index (χ3v) is 4.73. The quantitative estimate of drug-likeness (QED) is 0.553. The molecule has 2 aromatic carbocycles. The SMILES string of the molecule is CN(Cc1ccn(-c2ccccc2)n1)C(=O)c1cn(C)c(=O)c2ccccc12. The molecule has 6 heteroatoms. The second-order valence-electron chi connectivity index (χ2n) is 6.75. The fraction of sp³-hybridized carbons (Fsp3) is 0.136. The van der Waals surface area contributed by atoms with Gasteiger partial charge in [-0.05, 0) is 24.3 Å². The molecule has 0 aliphatic rings. The normalized spacial score (nSPS) is 10.9. The van der Waals surface area contributed by atoms with Gasteiger partial charge in [-0.3, -0.25) is 9.59 Å². The lowest BCUT2D eigenvalue weighted by Crippen LogP contribution is -2.29. The van der Waals surface area contributed by atoms with Gasteiger partial charge in [0.1, 0.15) is 0 Å². The van der Waals surface area contributed by atoms with Gasteiger partial charge in [-0.1, -0.05) is 36.4 Å². The van der Waals surface area contributed by atoms with Gasteiger partial charge in [0.2, 0.25) is 0 Å². The second kappa shape index (κ2) is 7.15. The summed E-state index contributed by atoms with van der Waals surface area (Å²) in [5.41, 5.74) is 2.14. The van der Waals surface area contributed by atoms with Crippen molar-refractivity contribution in [2.45, 2.75) is 6.54 Å². The predicted molar refractivity (Wildman–Crippen MR) is 109 cm³/mol. The molecule has 1 amide bonds. The van der Waals surface area contributed by atoms with E-state index < -0.39 is 0 Å². The molecular formula is C22H20N4O2. The fourth-order valence-electron chi connectivity index (χ4n) is 3.28. The molecule has 6 nitrogen and oxygen atoms in total. The molecule has 2 aromatic heterocycles. The molecular weight excluding hydrogens is 352 g/mol. The summed E-state index contributed by atoms with van der Waals surface area (Å²) in [6.07, 6.45) is 3.48. The monoisotopic (exact) mass is 372 g/mol. The molecule has 0 saturated carbocycles. The van der Waals surface area contributed by atoms with Gasteiger partial charge in [0.25, 0.3) is 11.5 Å². The zero-order valence-corrected chi connectivity index (χ0v) is 15.7. The van der Waals surface area contributed by atoms with Crippen molar-refractivity contribution in [3.8, 4) is 5.69 Å². The van der Waals surface area contributed by atoms with E-state index in [9.17, 15) is 9.59 Å². The number of aromatic nitrogens is 3. The summed E-state index contributed by atoms with van der Waals surface area (Å²) in [7, 11) is 3.40. The number of aryl methyl sites for hydroxylation is 1. The Labute approximate surface area is 162 Å². The number of nitrogens with zero attached hydrogens (tertiary/aromatic N) is 4. The number of pyridine rings is 1. The first-order valence-electron chi connectivity index (χ1n) is 8.98. The molecule has 0 N–H and O–H groups in total. The van der Waals surface area contributed by atoms with E-state index >= 15 is 0 Å². The lowest BCUT2D eigenvalue weighted by atomic mass is 10.1. The molecule has 0 aliphatic carbocycles. The molecule has 0 unspecified atom stereocenters. The molecule has 0 atom stereocenters. The van der Waals surface area contributed by atoms with Crippen molar-refractivity contribution in [1.29, 1.82) is 0 Å². The van der Waals surface area contributed by atoms with Gasteiger partial charge in [-0.15, -0.1) is 0 Å². The highest BCUT2D eigenvalue weighted by Gasteiger charge is 2.18. The molecule has 4 rings (SSSR count). The largest absolute Gasteiger partial charge is 0.336 e. The number of hydrogen-bond donors (Lipinski definition) is 0. The number of para-hydroxylation sites is 1. The third-order valence-electron chi connectivity index (χ3n) is 4.73. The molecule has 28 heavy (non-hydrogen) atoms. The zero-order valence-electron chi connectivity index (χ0n) is 15.7. The van der Waals surface area contributed by atoms with E-state index in [0.29, 0.717) is 22.9 Å². The van der Waals surface area contributed by atoms with Crippen molar-refractivity contribution in [3.63, 3.8) is 0 Å². The van der Waals surface area contributed by atoms with Crippen molar-refractivity contribution in [2.75, 3.05) is 7.05 Å². The first-order chi connectivity index (χ1) is 13.5. The van der Waals surface area contributed by atoms with Gasteiger partial charge in [0.15, 0.2) is 0 Å². The van der Waals surface area contributed by atoms with Crippen LogP contribution in [-0.4, -0.2) is 32.2 Å². The second-order valence-corrected chi connectivity index (χ2v) is 6.75. The van der Waals surface area contributed by atoms with E-state index in [0.717, 1.165) is 11.4 Å². The van der Waals surface area contributed by atoms with Crippen molar-refractivity contribution in [2.24, 2.45) is 7.05 Å². The Morgan fingerprint density at radius 3 is 2.43 bits per heavy atom. The van der Waals surface area contributed by atoms with Crippen molar-refractivity contribution >= 4 is 16.7 Å². The molecule has 0 aliphatic heterocycles. The number of rotatable bonds is 4. The van der Waals surface area contributed by atoms with Crippen LogP contribution in [-0.2, 0) is 13.6 Å². The maximum absolute atomic E-state index is 13.1. The van der Waals surface area contributed by atoms with E-state index in [1.165, 1.54) is 4.57 Å². The fourth-order valence-corrected chi connectivity index (χ4v) is 3.28. The van der Waals surface area contributed by atoms with Crippen LogP contribution in [0.25, 0.3) is 16.5 Å². The van der Waals surface area contributed by atoms with Crippen molar-refractivity contribution < 1.29 is 4.79 Å². The van der Waals surface area contributed by atoms with Crippen LogP contribution >= 0.6 is 0 Å². The summed E-state index contributed by atoms with van der Waals surface area (Å²) in [5, 5.41) is 5.76. The number of hydrogen-bond acceptors (Lipinski definition) is 3. The average Bonchev–Trinajstić information content (AvgIpc) is 3.19. The number of carbonyl (C=O) groups excluding carboxylic acids is 1. The van der Waals surface area contributed by atoms with Gasteiger partial charge in [-0.25, -0.2) is 4.68 Å². The van der Waals surface area contributed by atoms with E-state index in [4.69, 9.17) is 0 Å². The Bertz CT molecular complexity index is 1210. The summed E-state index contributed by atoms with van der Waals surface area (Å²) in [6, 6.07) is 18.9. The molecule has 0 fully saturated rings. The van der Waals surface area contributed by atoms with Crippen LogP contribution in [0.5, 0.6) is 0 Å². The lowest BCUT2D eigenvalue weighted by Gasteiger charge is -2.18. The Hall–Kier alpha value is -3.67. The average molecular weight is 372 g/mol. The Kier molecular flexibility index (Phi) is 4.53. The smallest absolute Gasteiger partial charge is 0.258 e. The van der Waals surface area contributed by atoms with Crippen molar-refractivity contribution in [3.05, 3.63) is 94.7 Å². The molecule has 2 heterocycles. The minimum atomic E-state index is -0.152. The van der Waals surface area contributed by atoms with E-state index in [-0.39, 0.29) is 11.5 Å². The first kappa shape index (κ1) is 17.7. The van der Waals surface area contributed by atoms with Gasteiger partial charge in [0, 0.05) is 37.3 Å². The van der Waals surface area contributed by atoms with Crippen LogP contribution in [0.4, 0.5) is 0 Å². The molecule has 140 valence electrons. The van der Waals surface area contributed by atoms with Crippen LogP contribution in [0.3, 0.4) is 0 Å². The molecule has 0 saturated heterocycles. The molecule has 0 spiro atoms. The third kappa shape index (κ3) is 3.20. The highest BCUT2D eigenvalue weighted by Crippen LogP contribution is 2.18. The summed E-state index contributed by atoms with van der Waals surface area (Å²) in [5.74, 6) is -0.152. The zero-order chi connectivity index (χ0) is 19.7. The Morgan fingerprint density at radius 2 is 1.68 bits per heavy atom. The van der Waals surface area contributed by atoms with Crippen LogP contribution in [0.15, 0.2) is 77.9 Å². The summed E-state index contributed by atoms with van der Waals surface area (Å²) in [4.78, 5) is 27.0. The number of carbonyl (C=O) groups is 1. The minimum Gasteiger partial charge on any atom is -0.336 e. The van der Waals surface area contributed by atoms with Crippen LogP contribution < -0.4 is 5.56 Å². The molecule has 0 bridgehead atoms. The number of amides is 1. The summed E-state index contributed by atoms with van der Waals surface area (Å²) >= 11 is 0. The summed E-state index contributed by atoms with van der Waals surface area (Å²) in [6.45, 7) is 0.371. The van der Waals surface area contributed by atoms with Gasteiger partial charge >= 0.3 is 0 Å². The van der Waals surface area contributed by atoms with E-state index in [1.807, 2.05) is 54.7 Å². The topological polar surface area (TPSA) is 60.1 Å². The maximum Gasteiger partial charge on any atom is 0.258 e. The summed E-state index contributed by atoms with van der Waals surface area (Å²) < 4.78 is 3.24. The molecule has 0 radical (unpaired) electrons. The van der Waals surface area contributed by atoms with Gasteiger partial charge in [-0.2, -0.15) is 5.10 Å². The first-order valence-corrected chi connectivity index (χ1v) is 8.98. The van der Waals surface area contributed by atoms with Crippen LogP contribution in [0.2, 0.25) is 0 Å². The van der Waals surface area contributed by atoms with Crippen LogP contribution in [0.1, 0.15) is 16.1 Å². The van der Waals surface area contributed by atoms with E-state index in [2.05, 4.69) is 5.10 Å². The lowest BCUT2D eigenvalue weighted by molar-refractivity contribution is 0.0784. The standard InChI is InChI=1S/C22H20N4O2/c1-24(14-16-12-13-26(23-16)17-8-4-3-5-9-17)22(28)20-15-25(2)21(27)19-11-7-6-10-18(19)20/h3-13,15H,14H2,1-2H3. The Balaban J connectivity index is 1.61. The predicted octanol–water partition coefficient (Wildman–Crippen LogP) is 3.00. The van der Waals surface area contributed by atoms with Gasteiger partial charge in [0.05, 0.1) is 23.5 Å². The van der Waals surface area contributed by atoms with Gasteiger partial charge < -0.3 is 9.47 Å². The Morgan fingerprint density at radius 1 is 1.00 bits per heavy atom. The highest BCUT2D eigenvalue weighted by molar-refractivity contribution is 6.06. The molecule has 4 aromatic rings. The highest BCUT2D eigenvalue weighted by atomic mass is 16.2.